The van der Waals surface area contributed by atoms with E-state index in [1.165, 1.54) is 0 Å². The minimum absolute atomic E-state index is 0.200. The fourth-order valence-electron chi connectivity index (χ4n) is 1.77. The van der Waals surface area contributed by atoms with Gasteiger partial charge in [-0.1, -0.05) is 26.0 Å². The van der Waals surface area contributed by atoms with Crippen molar-refractivity contribution in [3.05, 3.63) is 35.4 Å². The van der Waals surface area contributed by atoms with Crippen molar-refractivity contribution in [2.45, 2.75) is 32.7 Å². The Morgan fingerprint density at radius 2 is 2.06 bits per heavy atom. The molecule has 0 spiro atoms. The van der Waals surface area contributed by atoms with Crippen molar-refractivity contribution in [1.29, 1.82) is 0 Å². The van der Waals surface area contributed by atoms with Crippen molar-refractivity contribution in [1.82, 2.24) is 5.32 Å². The zero-order chi connectivity index (χ0) is 13.4. The largest absolute Gasteiger partial charge is 0.313 e. The molecule has 102 valence electrons. The van der Waals surface area contributed by atoms with Gasteiger partial charge in [0.25, 0.3) is 0 Å². The monoisotopic (exact) mass is 273 g/mol. The summed E-state index contributed by atoms with van der Waals surface area (Å²) in [7, 11) is 0. The fourth-order valence-corrected chi connectivity index (χ4v) is 2.53. The van der Waals surface area contributed by atoms with Crippen LogP contribution in [0.15, 0.2) is 18.2 Å². The SMILES string of the molecule is CCCNC(CSCC)Cc1cccc(F)c1F. The van der Waals surface area contributed by atoms with Crippen LogP contribution in [0, 0.1) is 11.6 Å². The number of nitrogens with one attached hydrogen (secondary N) is 1. The van der Waals surface area contributed by atoms with Gasteiger partial charge in [-0.2, -0.15) is 11.8 Å². The minimum Gasteiger partial charge on any atom is -0.313 e. The van der Waals surface area contributed by atoms with Crippen LogP contribution in [-0.2, 0) is 6.42 Å². The van der Waals surface area contributed by atoms with Gasteiger partial charge in [0.05, 0.1) is 0 Å². The van der Waals surface area contributed by atoms with Gasteiger partial charge in [0.2, 0.25) is 0 Å². The van der Waals surface area contributed by atoms with Crippen molar-refractivity contribution < 1.29 is 8.78 Å². The molecule has 18 heavy (non-hydrogen) atoms. The average molecular weight is 273 g/mol. The molecule has 0 aliphatic carbocycles. The normalized spacial score (nSPS) is 12.7. The third-order valence-corrected chi connectivity index (χ3v) is 3.75. The molecular formula is C14H21F2NS. The topological polar surface area (TPSA) is 12.0 Å². The maximum atomic E-state index is 13.6. The molecule has 1 N–H and O–H groups in total. The summed E-state index contributed by atoms with van der Waals surface area (Å²) in [5.41, 5.74) is 0.459. The first-order chi connectivity index (χ1) is 8.69. The number of hydrogen-bond acceptors (Lipinski definition) is 2. The lowest BCUT2D eigenvalue weighted by Gasteiger charge is -2.18. The lowest BCUT2D eigenvalue weighted by Crippen LogP contribution is -2.34. The molecule has 0 fully saturated rings. The Balaban J connectivity index is 2.65. The molecule has 0 amide bonds. The van der Waals surface area contributed by atoms with Gasteiger partial charge in [0.1, 0.15) is 0 Å². The van der Waals surface area contributed by atoms with Gasteiger partial charge in [-0.05, 0) is 36.8 Å². The van der Waals surface area contributed by atoms with E-state index in [9.17, 15) is 8.78 Å². The lowest BCUT2D eigenvalue weighted by atomic mass is 10.1. The lowest BCUT2D eigenvalue weighted by molar-refractivity contribution is 0.483. The van der Waals surface area contributed by atoms with E-state index in [0.717, 1.165) is 30.5 Å². The molecule has 0 aliphatic heterocycles. The van der Waals surface area contributed by atoms with Gasteiger partial charge in [0, 0.05) is 11.8 Å². The van der Waals surface area contributed by atoms with Crippen LogP contribution in [0.4, 0.5) is 8.78 Å². The second-order valence-electron chi connectivity index (χ2n) is 4.23. The van der Waals surface area contributed by atoms with Crippen LogP contribution in [0.25, 0.3) is 0 Å². The summed E-state index contributed by atoms with van der Waals surface area (Å²) in [5, 5.41) is 3.39. The summed E-state index contributed by atoms with van der Waals surface area (Å²) in [4.78, 5) is 0. The Morgan fingerprint density at radius 1 is 1.28 bits per heavy atom. The predicted molar refractivity (Wildman–Crippen MR) is 75.1 cm³/mol. The highest BCUT2D eigenvalue weighted by Crippen LogP contribution is 2.15. The Kier molecular flexibility index (Phi) is 7.28. The van der Waals surface area contributed by atoms with Crippen LogP contribution in [0.2, 0.25) is 0 Å². The van der Waals surface area contributed by atoms with Crippen molar-refractivity contribution >= 4 is 11.8 Å². The summed E-state index contributed by atoms with van der Waals surface area (Å²) in [6.45, 7) is 5.11. The molecule has 4 heteroatoms. The van der Waals surface area contributed by atoms with E-state index in [2.05, 4.69) is 19.2 Å². The van der Waals surface area contributed by atoms with Crippen molar-refractivity contribution in [3.8, 4) is 0 Å². The third-order valence-electron chi connectivity index (χ3n) is 2.70. The van der Waals surface area contributed by atoms with Crippen LogP contribution >= 0.6 is 11.8 Å². The Labute approximate surface area is 112 Å². The quantitative estimate of drug-likeness (QED) is 0.776. The molecule has 1 unspecified atom stereocenters. The van der Waals surface area contributed by atoms with E-state index < -0.39 is 11.6 Å². The molecule has 1 atom stereocenters. The van der Waals surface area contributed by atoms with Crippen LogP contribution in [-0.4, -0.2) is 24.1 Å². The molecule has 0 aromatic heterocycles. The van der Waals surface area contributed by atoms with Crippen LogP contribution in [0.5, 0.6) is 0 Å². The third kappa shape index (κ3) is 4.94. The van der Waals surface area contributed by atoms with E-state index in [1.807, 2.05) is 11.8 Å². The molecule has 1 aromatic carbocycles. The molecule has 0 heterocycles. The zero-order valence-corrected chi connectivity index (χ0v) is 11.8. The van der Waals surface area contributed by atoms with Crippen LogP contribution < -0.4 is 5.32 Å². The molecular weight excluding hydrogens is 252 g/mol. The fraction of sp³-hybridized carbons (Fsp3) is 0.571. The first-order valence-corrected chi connectivity index (χ1v) is 7.58. The predicted octanol–water partition coefficient (Wildman–Crippen LogP) is 3.63. The maximum Gasteiger partial charge on any atom is 0.162 e. The van der Waals surface area contributed by atoms with Crippen molar-refractivity contribution in [3.63, 3.8) is 0 Å². The molecule has 0 bridgehead atoms. The number of hydrogen-bond donors (Lipinski definition) is 1. The zero-order valence-electron chi connectivity index (χ0n) is 11.0. The van der Waals surface area contributed by atoms with Crippen molar-refractivity contribution in [2.75, 3.05) is 18.1 Å². The van der Waals surface area contributed by atoms with E-state index >= 15 is 0 Å². The van der Waals surface area contributed by atoms with Crippen LogP contribution in [0.1, 0.15) is 25.8 Å². The Bertz CT molecular complexity index is 350. The first-order valence-electron chi connectivity index (χ1n) is 6.43. The van der Waals surface area contributed by atoms with Gasteiger partial charge in [-0.25, -0.2) is 8.78 Å². The maximum absolute atomic E-state index is 13.6. The molecule has 1 nitrogen and oxygen atoms in total. The van der Waals surface area contributed by atoms with E-state index in [0.29, 0.717) is 12.0 Å². The van der Waals surface area contributed by atoms with E-state index in [1.54, 1.807) is 12.1 Å². The average Bonchev–Trinajstić information content (AvgIpc) is 2.38. The molecule has 1 rings (SSSR count). The highest BCUT2D eigenvalue weighted by molar-refractivity contribution is 7.99. The minimum atomic E-state index is -0.759. The summed E-state index contributed by atoms with van der Waals surface area (Å²) in [6, 6.07) is 4.59. The first kappa shape index (κ1) is 15.4. The van der Waals surface area contributed by atoms with E-state index in [4.69, 9.17) is 0 Å². The summed E-state index contributed by atoms with van der Waals surface area (Å²) in [5.74, 6) is 0.495. The number of halogens is 2. The standard InChI is InChI=1S/C14H21F2NS/c1-3-8-17-12(10-18-4-2)9-11-6-5-7-13(15)14(11)16/h5-7,12,17H,3-4,8-10H2,1-2H3. The molecule has 0 radical (unpaired) electrons. The molecule has 0 aliphatic rings. The smallest absolute Gasteiger partial charge is 0.162 e. The highest BCUT2D eigenvalue weighted by atomic mass is 32.2. The van der Waals surface area contributed by atoms with Gasteiger partial charge in [0.15, 0.2) is 11.6 Å². The van der Waals surface area contributed by atoms with Gasteiger partial charge < -0.3 is 5.32 Å². The second-order valence-corrected chi connectivity index (χ2v) is 5.55. The molecule has 0 saturated carbocycles. The number of thioether (sulfide) groups is 1. The summed E-state index contributed by atoms with van der Waals surface area (Å²) >= 11 is 1.82. The second kappa shape index (κ2) is 8.48. The van der Waals surface area contributed by atoms with Gasteiger partial charge in [-0.3, -0.25) is 0 Å². The van der Waals surface area contributed by atoms with Crippen molar-refractivity contribution in [2.24, 2.45) is 0 Å². The van der Waals surface area contributed by atoms with E-state index in [-0.39, 0.29) is 6.04 Å². The summed E-state index contributed by atoms with van der Waals surface area (Å²) < 4.78 is 26.7. The summed E-state index contributed by atoms with van der Waals surface area (Å²) in [6.07, 6.45) is 1.58. The van der Waals surface area contributed by atoms with Gasteiger partial charge in [-0.15, -0.1) is 0 Å². The number of benzene rings is 1. The van der Waals surface area contributed by atoms with Gasteiger partial charge >= 0.3 is 0 Å². The highest BCUT2D eigenvalue weighted by Gasteiger charge is 2.13. The molecule has 1 aromatic rings. The Morgan fingerprint density at radius 3 is 2.72 bits per heavy atom. The molecule has 0 saturated heterocycles. The van der Waals surface area contributed by atoms with Crippen LogP contribution in [0.3, 0.4) is 0 Å². The number of rotatable bonds is 8. The Hall–Kier alpha value is -0.610.